The third-order valence-corrected chi connectivity index (χ3v) is 3.40. The van der Waals surface area contributed by atoms with E-state index in [0.717, 1.165) is 11.1 Å². The third-order valence-electron chi connectivity index (χ3n) is 3.40. The van der Waals surface area contributed by atoms with Gasteiger partial charge in [-0.2, -0.15) is 10.2 Å². The lowest BCUT2D eigenvalue weighted by molar-refractivity contribution is 0.355. The Bertz CT molecular complexity index is 890. The Balaban J connectivity index is 1.72. The molecule has 8 nitrogen and oxygen atoms in total. The highest BCUT2D eigenvalue weighted by atomic mass is 16.5. The summed E-state index contributed by atoms with van der Waals surface area (Å²) in [5.74, 6) is 2.54. The average molecular weight is 338 g/mol. The molecule has 0 spiro atoms. The summed E-state index contributed by atoms with van der Waals surface area (Å²) in [6, 6.07) is 7.30. The van der Waals surface area contributed by atoms with E-state index in [2.05, 4.69) is 25.6 Å². The topological polar surface area (TPSA) is 86.5 Å². The molecule has 0 amide bonds. The second kappa shape index (κ2) is 7.43. The Morgan fingerprint density at radius 2 is 1.96 bits per heavy atom. The van der Waals surface area contributed by atoms with Gasteiger partial charge >= 0.3 is 0 Å². The molecular weight excluding hydrogens is 320 g/mol. The molecule has 2 aromatic heterocycles. The van der Waals surface area contributed by atoms with Gasteiger partial charge in [-0.05, 0) is 36.2 Å². The number of hydrogen-bond acceptors (Lipinski definition) is 7. The number of nitrogens with one attached hydrogen (secondary N) is 1. The Morgan fingerprint density at radius 3 is 2.68 bits per heavy atom. The minimum Gasteiger partial charge on any atom is -0.493 e. The van der Waals surface area contributed by atoms with Crippen LogP contribution in [0.4, 0.5) is 5.82 Å². The van der Waals surface area contributed by atoms with Crippen LogP contribution in [0.5, 0.6) is 11.5 Å². The molecule has 3 rings (SSSR count). The molecule has 2 heterocycles. The monoisotopic (exact) mass is 338 g/mol. The van der Waals surface area contributed by atoms with Crippen molar-refractivity contribution >= 4 is 12.0 Å². The predicted octanol–water partition coefficient (Wildman–Crippen LogP) is 2.43. The van der Waals surface area contributed by atoms with Crippen molar-refractivity contribution in [3.8, 4) is 17.3 Å². The highest BCUT2D eigenvalue weighted by Gasteiger charge is 2.04. The Kier molecular flexibility index (Phi) is 4.89. The van der Waals surface area contributed by atoms with Gasteiger partial charge in [-0.1, -0.05) is 0 Å². The second-order valence-electron chi connectivity index (χ2n) is 5.21. The molecule has 0 saturated carbocycles. The van der Waals surface area contributed by atoms with E-state index >= 15 is 0 Å². The van der Waals surface area contributed by atoms with Crippen LogP contribution in [-0.2, 0) is 0 Å². The van der Waals surface area contributed by atoms with Gasteiger partial charge in [0.05, 0.1) is 26.6 Å². The summed E-state index contributed by atoms with van der Waals surface area (Å²) in [7, 11) is 3.19. The molecular formula is C17H18N6O2. The fraction of sp³-hybridized carbons (Fsp3) is 0.176. The Labute approximate surface area is 145 Å². The Morgan fingerprint density at radius 1 is 1.12 bits per heavy atom. The molecule has 0 aliphatic carbocycles. The number of hydrogen-bond donors (Lipinski definition) is 1. The SMILES string of the molecule is COc1ccc(/C=N\Nc2cc(-n3cc(C)cn3)ncn2)cc1OC. The van der Waals surface area contributed by atoms with E-state index in [1.54, 1.807) is 37.4 Å². The van der Waals surface area contributed by atoms with E-state index in [1.165, 1.54) is 6.33 Å². The quantitative estimate of drug-likeness (QED) is 0.549. The first-order valence-electron chi connectivity index (χ1n) is 7.54. The van der Waals surface area contributed by atoms with E-state index in [9.17, 15) is 0 Å². The number of aromatic nitrogens is 4. The minimum atomic E-state index is 0.565. The molecule has 0 atom stereocenters. The van der Waals surface area contributed by atoms with Crippen molar-refractivity contribution in [2.45, 2.75) is 6.92 Å². The van der Waals surface area contributed by atoms with Gasteiger partial charge in [0, 0.05) is 12.3 Å². The molecule has 128 valence electrons. The van der Waals surface area contributed by atoms with Gasteiger partial charge in [0.25, 0.3) is 0 Å². The van der Waals surface area contributed by atoms with Crippen molar-refractivity contribution in [2.75, 3.05) is 19.6 Å². The lowest BCUT2D eigenvalue weighted by Crippen LogP contribution is -2.01. The molecule has 8 heteroatoms. The fourth-order valence-corrected chi connectivity index (χ4v) is 2.18. The van der Waals surface area contributed by atoms with E-state index < -0.39 is 0 Å². The van der Waals surface area contributed by atoms with Crippen LogP contribution in [0, 0.1) is 6.92 Å². The number of ether oxygens (including phenoxy) is 2. The van der Waals surface area contributed by atoms with E-state index in [1.807, 2.05) is 31.3 Å². The molecule has 1 N–H and O–H groups in total. The summed E-state index contributed by atoms with van der Waals surface area (Å²) in [5.41, 5.74) is 4.80. The van der Waals surface area contributed by atoms with Crippen LogP contribution in [-0.4, -0.2) is 40.2 Å². The van der Waals surface area contributed by atoms with Gasteiger partial charge in [0.2, 0.25) is 0 Å². The van der Waals surface area contributed by atoms with E-state index in [-0.39, 0.29) is 0 Å². The van der Waals surface area contributed by atoms with Gasteiger partial charge < -0.3 is 9.47 Å². The highest BCUT2D eigenvalue weighted by molar-refractivity contribution is 5.81. The van der Waals surface area contributed by atoms with Crippen molar-refractivity contribution in [1.29, 1.82) is 0 Å². The van der Waals surface area contributed by atoms with Gasteiger partial charge in [-0.25, -0.2) is 14.6 Å². The molecule has 0 unspecified atom stereocenters. The van der Waals surface area contributed by atoms with Crippen molar-refractivity contribution < 1.29 is 9.47 Å². The zero-order chi connectivity index (χ0) is 17.6. The van der Waals surface area contributed by atoms with Gasteiger partial charge in [0.15, 0.2) is 23.1 Å². The van der Waals surface area contributed by atoms with Crippen LogP contribution in [0.1, 0.15) is 11.1 Å². The maximum absolute atomic E-state index is 5.27. The molecule has 1 aromatic carbocycles. The lowest BCUT2D eigenvalue weighted by atomic mass is 10.2. The second-order valence-corrected chi connectivity index (χ2v) is 5.21. The summed E-state index contributed by atoms with van der Waals surface area (Å²) in [6.45, 7) is 1.97. The number of hydrazone groups is 1. The van der Waals surface area contributed by atoms with Gasteiger partial charge in [-0.15, -0.1) is 0 Å². The maximum Gasteiger partial charge on any atom is 0.161 e. The average Bonchev–Trinajstić information content (AvgIpc) is 3.08. The standard InChI is InChI=1S/C17H18N6O2/c1-12-8-21-23(10-12)17-7-16(18-11-19-17)22-20-9-13-4-5-14(24-2)15(6-13)25-3/h4-11H,1-3H3,(H,18,19,22)/b20-9-. The summed E-state index contributed by atoms with van der Waals surface area (Å²) in [6.07, 6.45) is 6.78. The fourth-order valence-electron chi connectivity index (χ4n) is 2.18. The van der Waals surface area contributed by atoms with Crippen LogP contribution < -0.4 is 14.9 Å². The number of nitrogens with zero attached hydrogens (tertiary/aromatic N) is 5. The first-order valence-corrected chi connectivity index (χ1v) is 7.54. The number of anilines is 1. The van der Waals surface area contributed by atoms with E-state index in [0.29, 0.717) is 23.1 Å². The largest absolute Gasteiger partial charge is 0.493 e. The van der Waals surface area contributed by atoms with Crippen molar-refractivity contribution in [3.63, 3.8) is 0 Å². The van der Waals surface area contributed by atoms with Gasteiger partial charge in [-0.3, -0.25) is 5.43 Å². The van der Waals surface area contributed by atoms with Crippen LogP contribution in [0.15, 0.2) is 48.1 Å². The zero-order valence-corrected chi connectivity index (χ0v) is 14.2. The van der Waals surface area contributed by atoms with E-state index in [4.69, 9.17) is 9.47 Å². The van der Waals surface area contributed by atoms with Crippen LogP contribution >= 0.6 is 0 Å². The summed E-state index contributed by atoms with van der Waals surface area (Å²) >= 11 is 0. The lowest BCUT2D eigenvalue weighted by Gasteiger charge is -2.07. The van der Waals surface area contributed by atoms with Crippen molar-refractivity contribution in [1.82, 2.24) is 19.7 Å². The minimum absolute atomic E-state index is 0.565. The molecule has 0 aliphatic rings. The molecule has 0 aliphatic heterocycles. The zero-order valence-electron chi connectivity index (χ0n) is 14.2. The van der Waals surface area contributed by atoms with Crippen LogP contribution in [0.25, 0.3) is 5.82 Å². The summed E-state index contributed by atoms with van der Waals surface area (Å²) in [5, 5.41) is 8.42. The molecule has 0 bridgehead atoms. The molecule has 3 aromatic rings. The third kappa shape index (κ3) is 3.92. The molecule has 0 saturated heterocycles. The molecule has 0 fully saturated rings. The first kappa shape index (κ1) is 16.4. The van der Waals surface area contributed by atoms with Crippen molar-refractivity contribution in [3.05, 3.63) is 54.1 Å². The van der Waals surface area contributed by atoms with Gasteiger partial charge in [0.1, 0.15) is 6.33 Å². The maximum atomic E-state index is 5.27. The number of rotatable bonds is 6. The summed E-state index contributed by atoms with van der Waals surface area (Å²) in [4.78, 5) is 8.34. The number of methoxy groups -OCH3 is 2. The predicted molar refractivity (Wildman–Crippen MR) is 94.7 cm³/mol. The number of aryl methyl sites for hydroxylation is 1. The highest BCUT2D eigenvalue weighted by Crippen LogP contribution is 2.26. The Hall–Kier alpha value is -3.42. The van der Waals surface area contributed by atoms with Crippen LogP contribution in [0.2, 0.25) is 0 Å². The number of benzene rings is 1. The molecule has 0 radical (unpaired) electrons. The van der Waals surface area contributed by atoms with Crippen molar-refractivity contribution in [2.24, 2.45) is 5.10 Å². The normalized spacial score (nSPS) is 10.8. The smallest absolute Gasteiger partial charge is 0.161 e. The first-order chi connectivity index (χ1) is 12.2. The molecule has 25 heavy (non-hydrogen) atoms. The summed E-state index contributed by atoms with van der Waals surface area (Å²) < 4.78 is 12.2. The van der Waals surface area contributed by atoms with Crippen LogP contribution in [0.3, 0.4) is 0 Å².